The van der Waals surface area contributed by atoms with Gasteiger partial charge >= 0.3 is 0 Å². The number of piperidine rings is 1. The van der Waals surface area contributed by atoms with E-state index >= 15 is 0 Å². The van der Waals surface area contributed by atoms with Crippen molar-refractivity contribution in [1.29, 1.82) is 0 Å². The molecule has 0 unspecified atom stereocenters. The van der Waals surface area contributed by atoms with Gasteiger partial charge in [-0.2, -0.15) is 0 Å². The third-order valence-corrected chi connectivity index (χ3v) is 7.02. The van der Waals surface area contributed by atoms with E-state index in [1.54, 1.807) is 0 Å². The van der Waals surface area contributed by atoms with E-state index in [0.717, 1.165) is 38.0 Å². The molecular weight excluding hydrogens is 304 g/mol. The molecule has 2 spiro atoms. The quantitative estimate of drug-likeness (QED) is 0.744. The lowest BCUT2D eigenvalue weighted by Gasteiger charge is -2.58. The van der Waals surface area contributed by atoms with E-state index in [1.807, 2.05) is 6.07 Å². The molecule has 1 N–H and O–H groups in total. The normalized spacial score (nSPS) is 40.0. The summed E-state index contributed by atoms with van der Waals surface area (Å²) < 4.78 is 18.9. The standard InChI is InChI=1S/C19H20N2O3/c1-20-13-3-2-11-10-14-12-4-5-19(22-8-9-23-19)17-18(12,6-7-21-14)15(11)16(13)24-17/h2-3,12,14,17,21H,4-10H2/t12-,14+,17+,18-/m0/s1. The lowest BCUT2D eigenvalue weighted by atomic mass is 9.51. The smallest absolute Gasteiger partial charge is 0.228 e. The van der Waals surface area contributed by atoms with Gasteiger partial charge < -0.3 is 19.5 Å². The van der Waals surface area contributed by atoms with Crippen LogP contribution in [0, 0.1) is 12.5 Å². The fourth-order valence-electron chi connectivity index (χ4n) is 6.29. The summed E-state index contributed by atoms with van der Waals surface area (Å²) in [6.45, 7) is 9.84. The molecule has 124 valence electrons. The molecule has 5 heteroatoms. The molecule has 0 amide bonds. The molecule has 3 aliphatic heterocycles. The molecule has 3 heterocycles. The number of hydrogen-bond acceptors (Lipinski definition) is 4. The summed E-state index contributed by atoms with van der Waals surface area (Å²) in [5, 5.41) is 3.74. The monoisotopic (exact) mass is 324 g/mol. The summed E-state index contributed by atoms with van der Waals surface area (Å²) in [6, 6.07) is 4.57. The van der Waals surface area contributed by atoms with E-state index in [4.69, 9.17) is 20.8 Å². The summed E-state index contributed by atoms with van der Waals surface area (Å²) in [6.07, 6.45) is 3.94. The van der Waals surface area contributed by atoms with Crippen LogP contribution in [0.3, 0.4) is 0 Å². The zero-order valence-corrected chi connectivity index (χ0v) is 13.5. The van der Waals surface area contributed by atoms with Gasteiger partial charge in [0.1, 0.15) is 5.75 Å². The maximum atomic E-state index is 7.56. The Morgan fingerprint density at radius 3 is 2.92 bits per heavy atom. The zero-order chi connectivity index (χ0) is 15.9. The van der Waals surface area contributed by atoms with Crippen molar-refractivity contribution in [3.8, 4) is 5.75 Å². The fourth-order valence-corrected chi connectivity index (χ4v) is 6.29. The molecule has 1 aromatic rings. The molecule has 6 rings (SSSR count). The lowest BCUT2D eigenvalue weighted by Crippen LogP contribution is -2.69. The first-order chi connectivity index (χ1) is 11.8. The Hall–Kier alpha value is -1.61. The largest absolute Gasteiger partial charge is 0.495 e. The highest BCUT2D eigenvalue weighted by Crippen LogP contribution is 2.65. The highest BCUT2D eigenvalue weighted by molar-refractivity contribution is 5.69. The van der Waals surface area contributed by atoms with Crippen molar-refractivity contribution in [2.24, 2.45) is 5.92 Å². The number of nitrogens with one attached hydrogen (secondary N) is 1. The first-order valence-corrected chi connectivity index (χ1v) is 9.00. The van der Waals surface area contributed by atoms with Crippen LogP contribution in [0.25, 0.3) is 4.85 Å². The van der Waals surface area contributed by atoms with Gasteiger partial charge in [-0.3, -0.25) is 0 Å². The SMILES string of the molecule is [C-]#[N+]c1ccc2c3c1O[C@H]1C4(CC[C@H]5[C@@H](C2)NCC[C@@]351)OCCO4. The topological polar surface area (TPSA) is 44.1 Å². The summed E-state index contributed by atoms with van der Waals surface area (Å²) in [7, 11) is 0. The van der Waals surface area contributed by atoms with Crippen molar-refractivity contribution in [3.05, 3.63) is 34.7 Å². The summed E-state index contributed by atoms with van der Waals surface area (Å²) >= 11 is 0. The molecule has 5 nitrogen and oxygen atoms in total. The highest BCUT2D eigenvalue weighted by Gasteiger charge is 2.70. The van der Waals surface area contributed by atoms with Gasteiger partial charge in [-0.25, -0.2) is 4.85 Å². The summed E-state index contributed by atoms with van der Waals surface area (Å²) in [4.78, 5) is 3.74. The second-order valence-corrected chi connectivity index (χ2v) is 7.77. The van der Waals surface area contributed by atoms with Gasteiger partial charge in [0.05, 0.1) is 19.8 Å². The first-order valence-electron chi connectivity index (χ1n) is 9.00. The minimum atomic E-state index is -0.620. The number of rotatable bonds is 0. The Morgan fingerprint density at radius 1 is 1.21 bits per heavy atom. The Labute approximate surface area is 141 Å². The summed E-state index contributed by atoms with van der Waals surface area (Å²) in [5.41, 5.74) is 3.24. The van der Waals surface area contributed by atoms with Crippen LogP contribution in [-0.4, -0.2) is 37.7 Å². The van der Waals surface area contributed by atoms with Gasteiger partial charge in [-0.1, -0.05) is 12.1 Å². The van der Waals surface area contributed by atoms with E-state index in [9.17, 15) is 0 Å². The number of benzene rings is 1. The van der Waals surface area contributed by atoms with Crippen LogP contribution < -0.4 is 10.1 Å². The van der Waals surface area contributed by atoms with Crippen LogP contribution in [0.15, 0.2) is 12.1 Å². The molecule has 2 aliphatic carbocycles. The van der Waals surface area contributed by atoms with E-state index < -0.39 is 5.79 Å². The third-order valence-electron chi connectivity index (χ3n) is 7.02. The van der Waals surface area contributed by atoms with Gasteiger partial charge in [0.25, 0.3) is 0 Å². The number of ether oxygens (including phenoxy) is 3. The number of fused-ring (bicyclic) bond motifs is 1. The maximum Gasteiger partial charge on any atom is 0.228 e. The maximum absolute atomic E-state index is 7.56. The minimum Gasteiger partial charge on any atom is -0.495 e. The highest BCUT2D eigenvalue weighted by atomic mass is 16.8. The summed E-state index contributed by atoms with van der Waals surface area (Å²) in [5.74, 6) is 0.744. The van der Waals surface area contributed by atoms with E-state index in [-0.39, 0.29) is 11.5 Å². The van der Waals surface area contributed by atoms with Crippen LogP contribution in [0.1, 0.15) is 30.4 Å². The van der Waals surface area contributed by atoms with Gasteiger partial charge in [0, 0.05) is 17.9 Å². The van der Waals surface area contributed by atoms with Crippen LogP contribution in [0.2, 0.25) is 0 Å². The molecule has 2 saturated heterocycles. The van der Waals surface area contributed by atoms with Crippen LogP contribution >= 0.6 is 0 Å². The van der Waals surface area contributed by atoms with Crippen LogP contribution in [0.4, 0.5) is 5.69 Å². The molecule has 1 aromatic carbocycles. The number of nitrogens with zero attached hydrogens (tertiary/aromatic N) is 1. The Kier molecular flexibility index (Phi) is 2.46. The predicted octanol–water partition coefficient (Wildman–Crippen LogP) is 2.31. The van der Waals surface area contributed by atoms with Gasteiger partial charge in [0.15, 0.2) is 6.10 Å². The van der Waals surface area contributed by atoms with Crippen molar-refractivity contribution >= 4 is 5.69 Å². The third kappa shape index (κ3) is 1.35. The zero-order valence-electron chi connectivity index (χ0n) is 13.5. The number of hydrogen-bond donors (Lipinski definition) is 1. The molecule has 2 bridgehead atoms. The Bertz CT molecular complexity index is 780. The predicted molar refractivity (Wildman–Crippen MR) is 86.3 cm³/mol. The molecule has 24 heavy (non-hydrogen) atoms. The van der Waals surface area contributed by atoms with Crippen LogP contribution in [0.5, 0.6) is 5.75 Å². The molecular formula is C19H20N2O3. The molecule has 1 saturated carbocycles. The van der Waals surface area contributed by atoms with Gasteiger partial charge in [-0.15, -0.1) is 0 Å². The lowest BCUT2D eigenvalue weighted by molar-refractivity contribution is -0.256. The van der Waals surface area contributed by atoms with E-state index in [2.05, 4.69) is 16.2 Å². The molecule has 0 aromatic heterocycles. The van der Waals surface area contributed by atoms with E-state index in [1.165, 1.54) is 11.1 Å². The second kappa shape index (κ2) is 4.32. The van der Waals surface area contributed by atoms with Crippen molar-refractivity contribution in [2.75, 3.05) is 19.8 Å². The molecule has 5 aliphatic rings. The average molecular weight is 324 g/mol. The average Bonchev–Trinajstić information content (AvgIpc) is 3.19. The van der Waals surface area contributed by atoms with Gasteiger partial charge in [-0.05, 0) is 42.9 Å². The second-order valence-electron chi connectivity index (χ2n) is 7.77. The fraction of sp³-hybridized carbons (Fsp3) is 0.632. The van der Waals surface area contributed by atoms with E-state index in [0.29, 0.717) is 30.9 Å². The van der Waals surface area contributed by atoms with Gasteiger partial charge in [0.2, 0.25) is 11.5 Å². The first kappa shape index (κ1) is 13.7. The molecule has 4 atom stereocenters. The Balaban J connectivity index is 1.64. The Morgan fingerprint density at radius 2 is 2.08 bits per heavy atom. The minimum absolute atomic E-state index is 0.0534. The molecule has 0 radical (unpaired) electrons. The molecule has 3 fully saturated rings. The van der Waals surface area contributed by atoms with Crippen molar-refractivity contribution in [2.45, 2.75) is 49.0 Å². The van der Waals surface area contributed by atoms with Crippen molar-refractivity contribution in [1.82, 2.24) is 5.32 Å². The van der Waals surface area contributed by atoms with Crippen molar-refractivity contribution < 1.29 is 14.2 Å². The van der Waals surface area contributed by atoms with Crippen LogP contribution in [-0.2, 0) is 21.3 Å². The van der Waals surface area contributed by atoms with Crippen molar-refractivity contribution in [3.63, 3.8) is 0 Å².